The van der Waals surface area contributed by atoms with Gasteiger partial charge in [-0.1, -0.05) is 49.3 Å². The summed E-state index contributed by atoms with van der Waals surface area (Å²) in [4.78, 5) is 15.1. The lowest BCUT2D eigenvalue weighted by Crippen LogP contribution is -2.40. The molecule has 2 aromatic heterocycles. The van der Waals surface area contributed by atoms with E-state index in [0.29, 0.717) is 34.2 Å². The third-order valence-corrected chi connectivity index (χ3v) is 6.94. The summed E-state index contributed by atoms with van der Waals surface area (Å²) in [7, 11) is 0. The number of halogens is 1. The molecule has 1 aromatic carbocycles. The fraction of sp³-hybridized carbons (Fsp3) is 0.435. The number of hydrogen-bond donors (Lipinski definition) is 1. The lowest BCUT2D eigenvalue weighted by molar-refractivity contribution is -0.115. The molecule has 0 spiro atoms. The van der Waals surface area contributed by atoms with Crippen molar-refractivity contribution in [1.29, 1.82) is 0 Å². The van der Waals surface area contributed by atoms with E-state index in [4.69, 9.17) is 16.0 Å². The monoisotopic (exact) mass is 473 g/mol. The fourth-order valence-corrected chi connectivity index (χ4v) is 5.16. The van der Waals surface area contributed by atoms with Crippen LogP contribution in [0.3, 0.4) is 0 Å². The maximum atomic E-state index is 12.8. The van der Waals surface area contributed by atoms with E-state index in [1.54, 1.807) is 18.4 Å². The predicted molar refractivity (Wildman–Crippen MR) is 128 cm³/mol. The van der Waals surface area contributed by atoms with Gasteiger partial charge in [0, 0.05) is 13.1 Å². The summed E-state index contributed by atoms with van der Waals surface area (Å²) in [5.41, 5.74) is 0.598. The van der Waals surface area contributed by atoms with Crippen molar-refractivity contribution in [2.75, 3.05) is 23.3 Å². The molecule has 1 amide bonds. The lowest BCUT2D eigenvalue weighted by Gasteiger charge is -2.35. The number of nitrogens with zero attached hydrogens (tertiary/aromatic N) is 4. The minimum absolute atomic E-state index is 0.141. The highest BCUT2D eigenvalue weighted by Crippen LogP contribution is 2.31. The summed E-state index contributed by atoms with van der Waals surface area (Å²) in [6.45, 7) is 8.78. The molecule has 0 radical (unpaired) electrons. The molecule has 3 atom stereocenters. The van der Waals surface area contributed by atoms with Crippen molar-refractivity contribution < 1.29 is 9.21 Å². The first-order valence-electron chi connectivity index (χ1n) is 10.8. The van der Waals surface area contributed by atoms with Crippen LogP contribution in [0.5, 0.6) is 0 Å². The minimum Gasteiger partial charge on any atom is -0.467 e. The minimum atomic E-state index is -0.391. The Morgan fingerprint density at radius 2 is 1.97 bits per heavy atom. The maximum Gasteiger partial charge on any atom is 0.237 e. The van der Waals surface area contributed by atoms with Crippen molar-refractivity contribution >= 4 is 40.9 Å². The first-order chi connectivity index (χ1) is 15.4. The fourth-order valence-electron chi connectivity index (χ4n) is 4.13. The summed E-state index contributed by atoms with van der Waals surface area (Å²) in [6.07, 6.45) is 2.88. The average Bonchev–Trinajstić information content (AvgIpc) is 3.40. The van der Waals surface area contributed by atoms with E-state index >= 15 is 0 Å². The Morgan fingerprint density at radius 3 is 2.66 bits per heavy atom. The molecular formula is C23H28ClN5O2S. The van der Waals surface area contributed by atoms with Gasteiger partial charge in [0.15, 0.2) is 5.16 Å². The Morgan fingerprint density at radius 1 is 1.22 bits per heavy atom. The van der Waals surface area contributed by atoms with Crippen molar-refractivity contribution in [3.05, 3.63) is 53.4 Å². The molecule has 0 bridgehead atoms. The van der Waals surface area contributed by atoms with Crippen LogP contribution in [-0.4, -0.2) is 39.0 Å². The smallest absolute Gasteiger partial charge is 0.237 e. The van der Waals surface area contributed by atoms with Crippen LogP contribution in [0, 0.1) is 11.8 Å². The Labute approximate surface area is 197 Å². The molecule has 0 saturated carbocycles. The Kier molecular flexibility index (Phi) is 7.10. The zero-order valence-corrected chi connectivity index (χ0v) is 20.1. The maximum absolute atomic E-state index is 12.8. The number of carbonyl (C=O) groups is 1. The standard InChI is InChI=1S/C23H28ClN5O2S/c1-15-11-16(2)13-28(12-15)22-26-27-23(29(22)14-18-7-6-10-31-18)32-17(3)21(30)25-20-9-5-4-8-19(20)24/h4-10,15-17H,11-14H2,1-3H3,(H,25,30). The van der Waals surface area contributed by atoms with Crippen molar-refractivity contribution in [1.82, 2.24) is 14.8 Å². The van der Waals surface area contributed by atoms with Gasteiger partial charge in [0.05, 0.1) is 28.8 Å². The number of furan rings is 1. The van der Waals surface area contributed by atoms with Crippen molar-refractivity contribution in [3.63, 3.8) is 0 Å². The summed E-state index contributed by atoms with van der Waals surface area (Å²) in [6, 6.07) is 11.0. The third-order valence-electron chi connectivity index (χ3n) is 5.53. The Bertz CT molecular complexity index is 1040. The van der Waals surface area contributed by atoms with Gasteiger partial charge in [-0.05, 0) is 49.4 Å². The summed E-state index contributed by atoms with van der Waals surface area (Å²) >= 11 is 7.56. The van der Waals surface area contributed by atoms with Gasteiger partial charge in [0.1, 0.15) is 5.76 Å². The van der Waals surface area contributed by atoms with E-state index in [1.807, 2.05) is 35.8 Å². The van der Waals surface area contributed by atoms with Crippen LogP contribution < -0.4 is 10.2 Å². The largest absolute Gasteiger partial charge is 0.467 e. The first kappa shape index (κ1) is 22.7. The predicted octanol–water partition coefficient (Wildman–Crippen LogP) is 5.17. The molecule has 32 heavy (non-hydrogen) atoms. The molecule has 1 saturated heterocycles. The molecule has 9 heteroatoms. The van der Waals surface area contributed by atoms with E-state index in [1.165, 1.54) is 18.2 Å². The second kappa shape index (κ2) is 10.0. The zero-order valence-electron chi connectivity index (χ0n) is 18.5. The number of piperidine rings is 1. The topological polar surface area (TPSA) is 76.2 Å². The molecule has 7 nitrogen and oxygen atoms in total. The summed E-state index contributed by atoms with van der Waals surface area (Å²) in [5, 5.41) is 12.7. The van der Waals surface area contributed by atoms with Gasteiger partial charge in [-0.15, -0.1) is 10.2 Å². The molecule has 3 aromatic rings. The Balaban J connectivity index is 1.55. The van der Waals surface area contributed by atoms with E-state index in [0.717, 1.165) is 24.8 Å². The van der Waals surface area contributed by atoms with Crippen LogP contribution in [0.4, 0.5) is 11.6 Å². The van der Waals surface area contributed by atoms with Gasteiger partial charge in [-0.25, -0.2) is 0 Å². The molecule has 4 rings (SSSR count). The molecule has 3 unspecified atom stereocenters. The van der Waals surface area contributed by atoms with Gasteiger partial charge >= 0.3 is 0 Å². The number of anilines is 2. The van der Waals surface area contributed by atoms with E-state index in [9.17, 15) is 4.79 Å². The van der Waals surface area contributed by atoms with Crippen molar-refractivity contribution in [2.24, 2.45) is 11.8 Å². The highest BCUT2D eigenvalue weighted by atomic mass is 35.5. The number of aromatic nitrogens is 3. The van der Waals surface area contributed by atoms with Gasteiger partial charge < -0.3 is 14.6 Å². The van der Waals surface area contributed by atoms with Crippen LogP contribution in [0.2, 0.25) is 5.02 Å². The number of rotatable bonds is 7. The SMILES string of the molecule is CC1CC(C)CN(c2nnc(SC(C)C(=O)Nc3ccccc3Cl)n2Cc2ccco2)C1. The van der Waals surface area contributed by atoms with Crippen molar-refractivity contribution in [2.45, 2.75) is 44.1 Å². The number of carbonyl (C=O) groups excluding carboxylic acids is 1. The molecule has 1 aliphatic heterocycles. The number of nitrogens with one attached hydrogen (secondary N) is 1. The molecule has 3 heterocycles. The van der Waals surface area contributed by atoms with Gasteiger partial charge in [-0.2, -0.15) is 0 Å². The van der Waals surface area contributed by atoms with Crippen molar-refractivity contribution in [3.8, 4) is 0 Å². The van der Waals surface area contributed by atoms with Crippen LogP contribution in [-0.2, 0) is 11.3 Å². The molecule has 170 valence electrons. The number of amides is 1. The summed E-state index contributed by atoms with van der Waals surface area (Å²) < 4.78 is 7.64. The van der Waals surface area contributed by atoms with Gasteiger partial charge in [0.25, 0.3) is 0 Å². The lowest BCUT2D eigenvalue weighted by atomic mass is 9.92. The molecule has 0 aliphatic carbocycles. The second-order valence-corrected chi connectivity index (χ2v) is 10.2. The van der Waals surface area contributed by atoms with Crippen LogP contribution in [0.1, 0.15) is 33.0 Å². The average molecular weight is 474 g/mol. The van der Waals surface area contributed by atoms with Gasteiger partial charge in [0.2, 0.25) is 11.9 Å². The highest BCUT2D eigenvalue weighted by Gasteiger charge is 2.28. The number of para-hydroxylation sites is 1. The molecule has 1 aliphatic rings. The van der Waals surface area contributed by atoms with E-state index in [2.05, 4.69) is 34.3 Å². The molecule has 1 fully saturated rings. The van der Waals surface area contributed by atoms with Crippen LogP contribution in [0.15, 0.2) is 52.2 Å². The molecular weight excluding hydrogens is 446 g/mol. The number of hydrogen-bond acceptors (Lipinski definition) is 6. The van der Waals surface area contributed by atoms with Crippen LogP contribution in [0.25, 0.3) is 0 Å². The Hall–Kier alpha value is -2.45. The normalized spacial score (nSPS) is 19.7. The zero-order chi connectivity index (χ0) is 22.7. The van der Waals surface area contributed by atoms with E-state index < -0.39 is 5.25 Å². The van der Waals surface area contributed by atoms with E-state index in [-0.39, 0.29) is 5.91 Å². The summed E-state index contributed by atoms with van der Waals surface area (Å²) in [5.74, 6) is 2.67. The molecule has 1 N–H and O–H groups in total. The van der Waals surface area contributed by atoms with Gasteiger partial charge in [-0.3, -0.25) is 9.36 Å². The number of thioether (sulfide) groups is 1. The quantitative estimate of drug-likeness (QED) is 0.477. The highest BCUT2D eigenvalue weighted by molar-refractivity contribution is 8.00. The third kappa shape index (κ3) is 5.30. The number of benzene rings is 1. The first-order valence-corrected chi connectivity index (χ1v) is 12.1. The van der Waals surface area contributed by atoms with Crippen LogP contribution >= 0.6 is 23.4 Å². The second-order valence-electron chi connectivity index (χ2n) is 8.53.